The van der Waals surface area contributed by atoms with Gasteiger partial charge in [0, 0.05) is 5.69 Å². The molecule has 4 N–H and O–H groups in total. The molecule has 0 aliphatic heterocycles. The number of thioether (sulfide) groups is 1. The fourth-order valence-electron chi connectivity index (χ4n) is 3.10. The first-order valence-corrected chi connectivity index (χ1v) is 11.8. The minimum absolute atomic E-state index is 0.0166. The Morgan fingerprint density at radius 2 is 1.77 bits per heavy atom. The molecule has 0 spiro atoms. The number of rotatable bonds is 6. The van der Waals surface area contributed by atoms with E-state index in [0.717, 1.165) is 22.2 Å². The molecule has 0 unspecified atom stereocenters. The molecule has 7 nitrogen and oxygen atoms in total. The van der Waals surface area contributed by atoms with Crippen LogP contribution in [0.25, 0.3) is 11.0 Å². The van der Waals surface area contributed by atoms with E-state index in [1.54, 1.807) is 0 Å². The average molecular weight is 453 g/mol. The van der Waals surface area contributed by atoms with Gasteiger partial charge in [0.1, 0.15) is 5.25 Å². The molecule has 1 amide bonds. The first-order chi connectivity index (χ1) is 14.8. The number of sulfonamides is 1. The molecule has 0 saturated heterocycles. The molecule has 0 aliphatic carbocycles. The number of aryl methyl sites for hydroxylation is 1. The van der Waals surface area contributed by atoms with Gasteiger partial charge in [0.2, 0.25) is 15.9 Å². The van der Waals surface area contributed by atoms with Crippen molar-refractivity contribution in [2.45, 2.75) is 22.2 Å². The number of primary sulfonamides is 1. The summed E-state index contributed by atoms with van der Waals surface area (Å²) >= 11 is 1.31. The number of H-pyrrole nitrogens is 1. The molecule has 4 aromatic rings. The summed E-state index contributed by atoms with van der Waals surface area (Å²) in [5.74, 6) is -0.254. The Kier molecular flexibility index (Phi) is 5.81. The zero-order valence-electron chi connectivity index (χ0n) is 16.6. The van der Waals surface area contributed by atoms with E-state index in [2.05, 4.69) is 15.3 Å². The third-order valence-electron chi connectivity index (χ3n) is 4.64. The predicted molar refractivity (Wildman–Crippen MR) is 122 cm³/mol. The van der Waals surface area contributed by atoms with Crippen LogP contribution in [0.4, 0.5) is 5.69 Å². The van der Waals surface area contributed by atoms with Crippen LogP contribution in [0.3, 0.4) is 0 Å². The maximum atomic E-state index is 13.2. The quantitative estimate of drug-likeness (QED) is 0.382. The maximum absolute atomic E-state index is 13.2. The molecular formula is C22H20N4O3S2. The number of carbonyl (C=O) groups excluding carboxylic acids is 1. The molecule has 1 aromatic heterocycles. The van der Waals surface area contributed by atoms with Gasteiger partial charge in [-0.15, -0.1) is 0 Å². The van der Waals surface area contributed by atoms with Gasteiger partial charge in [0.25, 0.3) is 0 Å². The van der Waals surface area contributed by atoms with E-state index in [1.807, 2.05) is 55.5 Å². The minimum Gasteiger partial charge on any atom is -0.333 e. The molecule has 0 radical (unpaired) electrons. The summed E-state index contributed by atoms with van der Waals surface area (Å²) in [4.78, 5) is 21.0. The number of nitrogens with one attached hydrogen (secondary N) is 2. The first kappa shape index (κ1) is 21.1. The lowest BCUT2D eigenvalue weighted by molar-refractivity contribution is -0.115. The lowest BCUT2D eigenvalue weighted by atomic mass is 10.1. The molecule has 158 valence electrons. The third-order valence-corrected chi connectivity index (χ3v) is 6.70. The lowest BCUT2D eigenvalue weighted by Crippen LogP contribution is -2.19. The molecule has 3 aromatic carbocycles. The van der Waals surface area contributed by atoms with Gasteiger partial charge in [0.05, 0.1) is 15.9 Å². The number of benzene rings is 3. The van der Waals surface area contributed by atoms with Crippen molar-refractivity contribution < 1.29 is 13.2 Å². The Morgan fingerprint density at radius 1 is 1.06 bits per heavy atom. The van der Waals surface area contributed by atoms with Crippen LogP contribution < -0.4 is 10.5 Å². The van der Waals surface area contributed by atoms with Crippen molar-refractivity contribution in [1.82, 2.24) is 9.97 Å². The van der Waals surface area contributed by atoms with E-state index in [4.69, 9.17) is 5.14 Å². The molecule has 4 rings (SSSR count). The number of aromatic nitrogens is 2. The highest BCUT2D eigenvalue weighted by atomic mass is 32.2. The van der Waals surface area contributed by atoms with E-state index in [1.165, 1.54) is 36.0 Å². The van der Waals surface area contributed by atoms with E-state index < -0.39 is 15.3 Å². The van der Waals surface area contributed by atoms with Crippen LogP contribution in [0, 0.1) is 6.92 Å². The van der Waals surface area contributed by atoms with Crippen molar-refractivity contribution in [2.24, 2.45) is 5.14 Å². The van der Waals surface area contributed by atoms with Crippen molar-refractivity contribution in [2.75, 3.05) is 5.32 Å². The summed E-state index contributed by atoms with van der Waals surface area (Å²) in [6.45, 7) is 2.01. The Hall–Kier alpha value is -3.14. The van der Waals surface area contributed by atoms with Crippen LogP contribution in [0.15, 0.2) is 82.8 Å². The fraction of sp³-hybridized carbons (Fsp3) is 0.0909. The van der Waals surface area contributed by atoms with E-state index in [0.29, 0.717) is 10.8 Å². The Bertz CT molecular complexity index is 1330. The van der Waals surface area contributed by atoms with Crippen LogP contribution in [0.1, 0.15) is 16.4 Å². The number of fused-ring (bicyclic) bond motifs is 1. The molecule has 31 heavy (non-hydrogen) atoms. The SMILES string of the molecule is Cc1ccc2nc(S[C@@H](C(=O)Nc3ccc(S(N)(=O)=O)cc3)c3ccccc3)[nH]c2c1. The van der Waals surface area contributed by atoms with Crippen LogP contribution in [0.2, 0.25) is 0 Å². The largest absolute Gasteiger partial charge is 0.333 e. The van der Waals surface area contributed by atoms with Crippen molar-refractivity contribution in [3.8, 4) is 0 Å². The average Bonchev–Trinajstić information content (AvgIpc) is 3.14. The Balaban J connectivity index is 1.60. The van der Waals surface area contributed by atoms with Crippen LogP contribution in [-0.2, 0) is 14.8 Å². The van der Waals surface area contributed by atoms with Crippen molar-refractivity contribution in [1.29, 1.82) is 0 Å². The molecule has 0 aliphatic rings. The number of carbonyl (C=O) groups is 1. The second kappa shape index (κ2) is 8.54. The number of nitrogens with two attached hydrogens (primary N) is 1. The molecular weight excluding hydrogens is 432 g/mol. The van der Waals surface area contributed by atoms with Gasteiger partial charge in [-0.25, -0.2) is 18.5 Å². The number of amides is 1. The monoisotopic (exact) mass is 452 g/mol. The number of hydrogen-bond donors (Lipinski definition) is 3. The normalized spacial score (nSPS) is 12.6. The summed E-state index contributed by atoms with van der Waals surface area (Å²) in [5, 5.41) is 8.04. The number of anilines is 1. The third kappa shape index (κ3) is 4.96. The molecule has 9 heteroatoms. The van der Waals surface area contributed by atoms with Crippen molar-refractivity contribution >= 4 is 44.4 Å². The van der Waals surface area contributed by atoms with Crippen LogP contribution >= 0.6 is 11.8 Å². The zero-order valence-corrected chi connectivity index (χ0v) is 18.2. The maximum Gasteiger partial charge on any atom is 0.242 e. The van der Waals surface area contributed by atoms with Crippen molar-refractivity contribution in [3.63, 3.8) is 0 Å². The number of imidazole rings is 1. The van der Waals surface area contributed by atoms with Gasteiger partial charge in [-0.2, -0.15) is 0 Å². The van der Waals surface area contributed by atoms with Gasteiger partial charge in [-0.1, -0.05) is 48.2 Å². The van der Waals surface area contributed by atoms with Crippen LogP contribution in [-0.4, -0.2) is 24.3 Å². The summed E-state index contributed by atoms with van der Waals surface area (Å²) in [6.07, 6.45) is 0. The van der Waals surface area contributed by atoms with Gasteiger partial charge in [0.15, 0.2) is 5.16 Å². The van der Waals surface area contributed by atoms with Gasteiger partial charge < -0.3 is 10.3 Å². The van der Waals surface area contributed by atoms with E-state index >= 15 is 0 Å². The van der Waals surface area contributed by atoms with Gasteiger partial charge >= 0.3 is 0 Å². The number of aromatic amines is 1. The van der Waals surface area contributed by atoms with Gasteiger partial charge in [-0.05, 0) is 54.4 Å². The minimum atomic E-state index is -3.79. The van der Waals surface area contributed by atoms with Crippen molar-refractivity contribution in [3.05, 3.63) is 83.9 Å². The molecule has 1 atom stereocenters. The molecule has 1 heterocycles. The summed E-state index contributed by atoms with van der Waals surface area (Å²) in [6, 6.07) is 21.1. The highest BCUT2D eigenvalue weighted by Crippen LogP contribution is 2.35. The molecule has 0 saturated carbocycles. The fourth-order valence-corrected chi connectivity index (χ4v) is 4.62. The Morgan fingerprint density at radius 3 is 2.45 bits per heavy atom. The number of hydrogen-bond acceptors (Lipinski definition) is 5. The lowest BCUT2D eigenvalue weighted by Gasteiger charge is -2.16. The topological polar surface area (TPSA) is 118 Å². The molecule has 0 fully saturated rings. The molecule has 0 bridgehead atoms. The van der Waals surface area contributed by atoms with Gasteiger partial charge in [-0.3, -0.25) is 4.79 Å². The Labute approximate surface area is 184 Å². The summed E-state index contributed by atoms with van der Waals surface area (Å²) in [7, 11) is -3.79. The second-order valence-corrected chi connectivity index (χ2v) is 9.68. The highest BCUT2D eigenvalue weighted by Gasteiger charge is 2.24. The van der Waals surface area contributed by atoms with Crippen LogP contribution in [0.5, 0.6) is 0 Å². The smallest absolute Gasteiger partial charge is 0.242 e. The van der Waals surface area contributed by atoms with E-state index in [9.17, 15) is 13.2 Å². The standard InChI is InChI=1S/C22H20N4O3S2/c1-14-7-12-18-19(13-14)26-22(25-18)30-20(15-5-3-2-4-6-15)21(27)24-16-8-10-17(11-9-16)31(23,28)29/h2-13,20H,1H3,(H,24,27)(H,25,26)(H2,23,28,29)/t20-/m1/s1. The second-order valence-electron chi connectivity index (χ2n) is 7.03. The van der Waals surface area contributed by atoms with E-state index in [-0.39, 0.29) is 10.8 Å². The summed E-state index contributed by atoms with van der Waals surface area (Å²) < 4.78 is 22.9. The summed E-state index contributed by atoms with van der Waals surface area (Å²) in [5.41, 5.74) is 4.15. The predicted octanol–water partition coefficient (Wildman–Crippen LogP) is 3.99. The zero-order chi connectivity index (χ0) is 22.0. The first-order valence-electron chi connectivity index (χ1n) is 9.41. The highest BCUT2D eigenvalue weighted by molar-refractivity contribution is 8.00. The number of nitrogens with zero attached hydrogens (tertiary/aromatic N) is 1.